The zero-order valence-corrected chi connectivity index (χ0v) is 24.2. The van der Waals surface area contributed by atoms with Crippen molar-refractivity contribution in [2.75, 3.05) is 14.2 Å². The molecule has 0 bridgehead atoms. The number of methoxy groups -OCH3 is 2. The molecule has 0 aliphatic heterocycles. The maximum Gasteiger partial charge on any atom is 0.305 e. The van der Waals surface area contributed by atoms with Crippen LogP contribution in [0.3, 0.4) is 0 Å². The summed E-state index contributed by atoms with van der Waals surface area (Å²) < 4.78 is 15.1. The first kappa shape index (κ1) is 33.2. The molecule has 6 heteroatoms. The van der Waals surface area contributed by atoms with Gasteiger partial charge in [-0.3, -0.25) is 9.59 Å². The van der Waals surface area contributed by atoms with Crippen LogP contribution in [0.5, 0.6) is 0 Å². The molecular formula is C30H53IO5. The number of carbonyl (C=O) groups excluding carboxylic acids is 2. The highest BCUT2D eigenvalue weighted by Crippen LogP contribution is 2.68. The Labute approximate surface area is 235 Å². The van der Waals surface area contributed by atoms with Gasteiger partial charge in [0.2, 0.25) is 0 Å². The van der Waals surface area contributed by atoms with Crippen molar-refractivity contribution in [3.8, 4) is 0 Å². The third-order valence-corrected chi connectivity index (χ3v) is 10.8. The minimum atomic E-state index is -0.245. The van der Waals surface area contributed by atoms with E-state index >= 15 is 0 Å². The first-order valence-electron chi connectivity index (χ1n) is 13.2. The number of hydrogen-bond donors (Lipinski definition) is 0. The molecule has 3 fully saturated rings. The summed E-state index contributed by atoms with van der Waals surface area (Å²) >= 11 is 2.15. The molecule has 36 heavy (non-hydrogen) atoms. The largest absolute Gasteiger partial charge is 0.469 e. The molecule has 0 N–H and O–H groups in total. The van der Waals surface area contributed by atoms with Crippen LogP contribution in [0.15, 0.2) is 11.8 Å². The van der Waals surface area contributed by atoms with Crippen LogP contribution in [-0.4, -0.2) is 26.2 Å². The van der Waals surface area contributed by atoms with Gasteiger partial charge >= 0.3 is 11.9 Å². The van der Waals surface area contributed by atoms with Gasteiger partial charge in [-0.2, -0.15) is 0 Å². The van der Waals surface area contributed by atoms with Crippen molar-refractivity contribution in [1.82, 2.24) is 0 Å². The van der Waals surface area contributed by atoms with Gasteiger partial charge in [0.05, 0.1) is 14.2 Å². The smallest absolute Gasteiger partial charge is 0.305 e. The summed E-state index contributed by atoms with van der Waals surface area (Å²) in [4.78, 5) is 21.3. The highest BCUT2D eigenvalue weighted by Gasteiger charge is 2.61. The molecule has 0 aromatic rings. The van der Waals surface area contributed by atoms with Gasteiger partial charge in [-0.25, -0.2) is 0 Å². The van der Waals surface area contributed by atoms with E-state index in [4.69, 9.17) is 7.80 Å². The highest BCUT2D eigenvalue weighted by atomic mass is 127. The van der Waals surface area contributed by atoms with Crippen LogP contribution in [0.4, 0.5) is 0 Å². The summed E-state index contributed by atoms with van der Waals surface area (Å²) in [6.07, 6.45) is 14.9. The number of fused-ring (bicyclic) bond motifs is 5. The van der Waals surface area contributed by atoms with Crippen molar-refractivity contribution in [2.45, 2.75) is 107 Å². The fourth-order valence-electron chi connectivity index (χ4n) is 8.41. The van der Waals surface area contributed by atoms with Gasteiger partial charge < -0.3 is 12.5 Å². The van der Waals surface area contributed by atoms with Crippen molar-refractivity contribution in [2.24, 2.45) is 46.3 Å². The van der Waals surface area contributed by atoms with Crippen molar-refractivity contribution < 1.29 is 22.1 Å². The lowest BCUT2D eigenvalue weighted by molar-refractivity contribution is -0.141. The van der Waals surface area contributed by atoms with E-state index in [2.05, 4.69) is 54.6 Å². The van der Waals surface area contributed by atoms with Gasteiger partial charge in [0, 0.05) is 19.3 Å². The zero-order chi connectivity index (χ0) is 25.1. The zero-order valence-electron chi connectivity index (χ0n) is 22.0. The van der Waals surface area contributed by atoms with Crippen LogP contribution in [0.25, 0.3) is 0 Å². The normalized spacial score (nSPS) is 37.0. The van der Waals surface area contributed by atoms with Crippen molar-refractivity contribution >= 4 is 34.9 Å². The summed E-state index contributed by atoms with van der Waals surface area (Å²) in [6, 6.07) is 0. The number of carbonyl (C=O) groups is 2. The monoisotopic (exact) mass is 620 g/mol. The van der Waals surface area contributed by atoms with Crippen LogP contribution in [0, 0.1) is 46.3 Å². The average Bonchev–Trinajstić information content (AvgIpc) is 3.19. The van der Waals surface area contributed by atoms with Crippen LogP contribution < -0.4 is 0 Å². The number of allylic oxidation sites excluding steroid dienone is 2. The van der Waals surface area contributed by atoms with Crippen molar-refractivity contribution in [3.63, 3.8) is 0 Å². The quantitative estimate of drug-likeness (QED) is 0.228. The molecule has 4 rings (SSSR count). The maximum atomic E-state index is 11.7. The lowest BCUT2D eigenvalue weighted by Crippen LogP contribution is -2.52. The van der Waals surface area contributed by atoms with Gasteiger partial charge in [-0.1, -0.05) is 48.5 Å². The van der Waals surface area contributed by atoms with Crippen LogP contribution >= 0.6 is 23.0 Å². The number of ether oxygens (including phenoxy) is 2. The molecule has 0 radical (unpaired) electrons. The molecule has 8 atom stereocenters. The lowest BCUT2D eigenvalue weighted by atomic mass is 9.46. The SMILES string of the molecule is C.C.COC(=O)CC[C@@H](C)C1CCC2C3C(OI)=CC4CCCCC4(C)C3CCC21C.COC(C)=O. The Bertz CT molecular complexity index is 766. The van der Waals surface area contributed by atoms with E-state index in [1.807, 2.05) is 0 Å². The topological polar surface area (TPSA) is 61.8 Å². The standard InChI is InChI=1S/C25H39IO3.C3H6O2.2CH4/c1-16(8-11-22(27)28-4)18-9-10-19-23-20(12-14-25(18,19)3)24(2)13-6-5-7-17(24)15-21(23)29-26;1-3(4)5-2;;/h15-20,23H,5-14H2,1-4H3;1-2H3;2*1H4/t16-,17?,18?,19?,20?,23?,24?,25?;;;/m1.../s1. The second kappa shape index (κ2) is 13.8. The first-order valence-corrected chi connectivity index (χ1v) is 14.1. The minimum absolute atomic E-state index is 0. The predicted octanol–water partition coefficient (Wildman–Crippen LogP) is 8.55. The van der Waals surface area contributed by atoms with E-state index in [1.54, 1.807) is 0 Å². The first-order chi connectivity index (χ1) is 16.1. The second-order valence-electron chi connectivity index (χ2n) is 11.8. The molecule has 0 aromatic heterocycles. The van der Waals surface area contributed by atoms with Crippen LogP contribution in [0.1, 0.15) is 107 Å². The van der Waals surface area contributed by atoms with E-state index in [0.717, 1.165) is 18.3 Å². The molecule has 4 aliphatic rings. The van der Waals surface area contributed by atoms with Crippen molar-refractivity contribution in [1.29, 1.82) is 0 Å². The van der Waals surface area contributed by atoms with Gasteiger partial charge in [-0.05, 0) is 91.4 Å². The Morgan fingerprint density at radius 1 is 1.00 bits per heavy atom. The molecule has 7 unspecified atom stereocenters. The minimum Gasteiger partial charge on any atom is -0.469 e. The Balaban J connectivity index is 0.000000846. The Morgan fingerprint density at radius 3 is 2.22 bits per heavy atom. The highest BCUT2D eigenvalue weighted by molar-refractivity contribution is 14.1. The summed E-state index contributed by atoms with van der Waals surface area (Å²) in [7, 11) is 2.85. The third-order valence-electron chi connectivity index (χ3n) is 10.3. The molecule has 3 saturated carbocycles. The van der Waals surface area contributed by atoms with E-state index in [1.165, 1.54) is 78.3 Å². The molecule has 0 saturated heterocycles. The molecule has 0 aromatic carbocycles. The van der Waals surface area contributed by atoms with Crippen LogP contribution in [0.2, 0.25) is 0 Å². The fraction of sp³-hybridized carbons (Fsp3) is 0.867. The lowest BCUT2D eigenvalue weighted by Gasteiger charge is -2.59. The molecule has 0 spiro atoms. The summed E-state index contributed by atoms with van der Waals surface area (Å²) in [5.74, 6) is 5.11. The van der Waals surface area contributed by atoms with Crippen molar-refractivity contribution in [3.05, 3.63) is 11.8 Å². The maximum absolute atomic E-state index is 11.7. The van der Waals surface area contributed by atoms with E-state index in [0.29, 0.717) is 40.9 Å². The summed E-state index contributed by atoms with van der Waals surface area (Å²) in [5, 5.41) is 0. The molecule has 0 amide bonds. The van der Waals surface area contributed by atoms with Gasteiger partial charge in [0.15, 0.2) is 23.0 Å². The van der Waals surface area contributed by atoms with E-state index < -0.39 is 0 Å². The second-order valence-corrected chi connectivity index (χ2v) is 12.2. The van der Waals surface area contributed by atoms with Crippen LogP contribution in [-0.2, 0) is 22.1 Å². The molecule has 210 valence electrons. The number of esters is 2. The molecule has 0 heterocycles. The van der Waals surface area contributed by atoms with E-state index in [9.17, 15) is 9.59 Å². The Morgan fingerprint density at radius 2 is 1.64 bits per heavy atom. The van der Waals surface area contributed by atoms with Gasteiger partial charge in [0.25, 0.3) is 0 Å². The number of hydrogen-bond acceptors (Lipinski definition) is 5. The molecule has 5 nitrogen and oxygen atoms in total. The Kier molecular flexibility index (Phi) is 12.8. The molecular weight excluding hydrogens is 567 g/mol. The predicted molar refractivity (Wildman–Crippen MR) is 155 cm³/mol. The number of rotatable bonds is 5. The average molecular weight is 621 g/mol. The van der Waals surface area contributed by atoms with E-state index in [-0.39, 0.29) is 26.8 Å². The summed E-state index contributed by atoms with van der Waals surface area (Å²) in [5.41, 5.74) is 0.848. The van der Waals surface area contributed by atoms with Gasteiger partial charge in [-0.15, -0.1) is 0 Å². The third kappa shape index (κ3) is 6.43. The molecule has 4 aliphatic carbocycles. The summed E-state index contributed by atoms with van der Waals surface area (Å²) in [6.45, 7) is 8.90. The Hall–Kier alpha value is -0.790. The van der Waals surface area contributed by atoms with Gasteiger partial charge in [0.1, 0.15) is 5.76 Å². The fourth-order valence-corrected chi connectivity index (χ4v) is 8.85. The number of halogens is 1.